The second kappa shape index (κ2) is 11.6. The zero-order valence-electron chi connectivity index (χ0n) is 23.0. The first-order valence-corrected chi connectivity index (χ1v) is 15.1. The molecule has 1 aromatic heterocycles. The lowest BCUT2D eigenvalue weighted by atomic mass is 9.76. The van der Waals surface area contributed by atoms with Crippen molar-refractivity contribution in [2.45, 2.75) is 64.4 Å². The Hall–Kier alpha value is -2.38. The van der Waals surface area contributed by atoms with Gasteiger partial charge in [-0.25, -0.2) is 4.79 Å². The molecule has 5 rings (SSSR count). The second-order valence-corrected chi connectivity index (χ2v) is 13.4. The number of piperidine rings is 2. The summed E-state index contributed by atoms with van der Waals surface area (Å²) >= 11 is 9.93. The number of nitrogens with zero attached hydrogens (tertiary/aromatic N) is 3. The summed E-state index contributed by atoms with van der Waals surface area (Å²) in [6.07, 6.45) is 10.0. The van der Waals surface area contributed by atoms with Crippen LogP contribution in [0.25, 0.3) is 12.2 Å². The first-order valence-electron chi connectivity index (χ1n) is 14.0. The molecule has 8 heteroatoms. The number of hydrogen-bond donors (Lipinski definition) is 0. The summed E-state index contributed by atoms with van der Waals surface area (Å²) in [4.78, 5) is 34.3. The van der Waals surface area contributed by atoms with Crippen LogP contribution in [-0.4, -0.2) is 58.6 Å². The number of fused-ring (bicyclic) bond motifs is 2. The van der Waals surface area contributed by atoms with Crippen LogP contribution in [0.2, 0.25) is 5.02 Å². The number of carbonyl (C=O) groups excluding carboxylic acids is 2. The summed E-state index contributed by atoms with van der Waals surface area (Å²) in [5.74, 6) is 1.09. The number of carbonyl (C=O) groups is 2. The van der Waals surface area contributed by atoms with Gasteiger partial charge in [0.2, 0.25) is 5.91 Å². The minimum absolute atomic E-state index is 0.157. The molecular formula is C31H37BrClN3O3. The summed E-state index contributed by atoms with van der Waals surface area (Å²) in [7, 11) is 0. The molecular weight excluding hydrogens is 578 g/mol. The van der Waals surface area contributed by atoms with Crippen molar-refractivity contribution in [3.05, 3.63) is 62.3 Å². The molecule has 1 unspecified atom stereocenters. The maximum atomic E-state index is 13.3. The molecule has 6 nitrogen and oxygen atoms in total. The number of aromatic nitrogens is 1. The highest BCUT2D eigenvalue weighted by Crippen LogP contribution is 2.43. The van der Waals surface area contributed by atoms with Gasteiger partial charge in [0, 0.05) is 54.2 Å². The third-order valence-electron chi connectivity index (χ3n) is 8.13. The van der Waals surface area contributed by atoms with Crippen molar-refractivity contribution in [1.29, 1.82) is 0 Å². The number of likely N-dealkylation sites (tertiary alicyclic amines) is 2. The largest absolute Gasteiger partial charge is 0.444 e. The van der Waals surface area contributed by atoms with E-state index < -0.39 is 5.60 Å². The van der Waals surface area contributed by atoms with Gasteiger partial charge in [-0.05, 0) is 109 Å². The summed E-state index contributed by atoms with van der Waals surface area (Å²) in [6.45, 7) is 8.48. The summed E-state index contributed by atoms with van der Waals surface area (Å²) in [5, 5.41) is 0.731. The van der Waals surface area contributed by atoms with Crippen molar-refractivity contribution in [3.63, 3.8) is 0 Å². The number of benzene rings is 1. The Morgan fingerprint density at radius 1 is 1.00 bits per heavy atom. The molecule has 2 aromatic rings. The molecule has 0 saturated carbocycles. The average molecular weight is 615 g/mol. The molecule has 1 aromatic carbocycles. The minimum atomic E-state index is -0.493. The smallest absolute Gasteiger partial charge is 0.410 e. The van der Waals surface area contributed by atoms with E-state index in [0.717, 1.165) is 65.1 Å². The Morgan fingerprint density at radius 2 is 1.67 bits per heavy atom. The van der Waals surface area contributed by atoms with Gasteiger partial charge in [-0.2, -0.15) is 0 Å². The van der Waals surface area contributed by atoms with Crippen molar-refractivity contribution in [1.82, 2.24) is 14.8 Å². The van der Waals surface area contributed by atoms with E-state index >= 15 is 0 Å². The van der Waals surface area contributed by atoms with Gasteiger partial charge in [-0.15, -0.1) is 0 Å². The van der Waals surface area contributed by atoms with Crippen molar-refractivity contribution in [2.24, 2.45) is 11.8 Å². The Kier molecular flexibility index (Phi) is 8.39. The molecule has 1 aliphatic carbocycles. The molecule has 2 fully saturated rings. The SMILES string of the molecule is CC(C)(C)OC(=O)N1CCC(CC(=O)N2CCC(C3c4ccc(Cl)cc4C=Cc4cc(Br)cnc43)CC2)CC1. The highest BCUT2D eigenvalue weighted by Gasteiger charge is 2.35. The van der Waals surface area contributed by atoms with Gasteiger partial charge >= 0.3 is 6.09 Å². The average Bonchev–Trinajstić information content (AvgIpc) is 3.04. The molecule has 1 atom stereocenters. The fraction of sp³-hybridized carbons (Fsp3) is 0.516. The monoisotopic (exact) mass is 613 g/mol. The van der Waals surface area contributed by atoms with Crippen LogP contribution in [-0.2, 0) is 9.53 Å². The molecule has 2 saturated heterocycles. The van der Waals surface area contributed by atoms with Crippen molar-refractivity contribution >= 4 is 51.7 Å². The van der Waals surface area contributed by atoms with Crippen LogP contribution in [0.4, 0.5) is 4.79 Å². The molecule has 39 heavy (non-hydrogen) atoms. The summed E-state index contributed by atoms with van der Waals surface area (Å²) < 4.78 is 6.47. The number of ether oxygens (including phenoxy) is 1. The molecule has 0 radical (unpaired) electrons. The first kappa shape index (κ1) is 28.2. The highest BCUT2D eigenvalue weighted by molar-refractivity contribution is 9.10. The molecule has 3 heterocycles. The van der Waals surface area contributed by atoms with Crippen LogP contribution in [0.3, 0.4) is 0 Å². The van der Waals surface area contributed by atoms with Crippen LogP contribution >= 0.6 is 27.5 Å². The van der Waals surface area contributed by atoms with Gasteiger partial charge in [0.25, 0.3) is 0 Å². The number of hydrogen-bond acceptors (Lipinski definition) is 4. The van der Waals surface area contributed by atoms with Crippen molar-refractivity contribution in [2.75, 3.05) is 26.2 Å². The molecule has 0 bridgehead atoms. The van der Waals surface area contributed by atoms with E-state index in [4.69, 9.17) is 21.3 Å². The van der Waals surface area contributed by atoms with E-state index in [-0.39, 0.29) is 17.9 Å². The Labute approximate surface area is 244 Å². The predicted octanol–water partition coefficient (Wildman–Crippen LogP) is 7.39. The standard InChI is InChI=1S/C31H37BrClN3O3/c1-31(2,3)39-30(38)36-12-8-20(9-13-36)16-27(37)35-14-10-21(11-15-35)28-26-7-6-25(33)18-22(26)4-5-23-17-24(32)19-34-29(23)28/h4-7,17-21,28H,8-16H2,1-3H3. The normalized spacial score (nSPS) is 20.3. The number of pyridine rings is 1. The molecule has 2 amide bonds. The first-order chi connectivity index (χ1) is 18.6. The summed E-state index contributed by atoms with van der Waals surface area (Å²) in [6, 6.07) is 8.28. The molecule has 0 N–H and O–H groups in total. The topological polar surface area (TPSA) is 62.7 Å². The van der Waals surface area contributed by atoms with Crippen molar-refractivity contribution in [3.8, 4) is 0 Å². The van der Waals surface area contributed by atoms with Gasteiger partial charge in [0.15, 0.2) is 0 Å². The number of rotatable bonds is 3. The lowest BCUT2D eigenvalue weighted by Crippen LogP contribution is -2.44. The zero-order valence-corrected chi connectivity index (χ0v) is 25.3. The van der Waals surface area contributed by atoms with Crippen molar-refractivity contribution < 1.29 is 14.3 Å². The lowest BCUT2D eigenvalue weighted by Gasteiger charge is -2.38. The van der Waals surface area contributed by atoms with Crippen LogP contribution in [0, 0.1) is 11.8 Å². The van der Waals surface area contributed by atoms with Gasteiger partial charge in [-0.3, -0.25) is 9.78 Å². The fourth-order valence-corrected chi connectivity index (χ4v) is 6.67. The van der Waals surface area contributed by atoms with Crippen LogP contribution < -0.4 is 0 Å². The van der Waals surface area contributed by atoms with E-state index in [1.165, 1.54) is 5.56 Å². The van der Waals surface area contributed by atoms with Gasteiger partial charge in [-0.1, -0.05) is 29.8 Å². The highest BCUT2D eigenvalue weighted by atomic mass is 79.9. The third-order valence-corrected chi connectivity index (χ3v) is 8.80. The molecule has 3 aliphatic rings. The van der Waals surface area contributed by atoms with Crippen LogP contribution in [0.15, 0.2) is 34.9 Å². The van der Waals surface area contributed by atoms with E-state index in [2.05, 4.69) is 40.2 Å². The van der Waals surface area contributed by atoms with E-state index in [0.29, 0.717) is 31.3 Å². The Bertz CT molecular complexity index is 1200. The lowest BCUT2D eigenvalue weighted by molar-refractivity contribution is -0.134. The van der Waals surface area contributed by atoms with Gasteiger partial charge in [0.1, 0.15) is 5.60 Å². The second-order valence-electron chi connectivity index (χ2n) is 12.0. The van der Waals surface area contributed by atoms with Gasteiger partial charge in [0.05, 0.1) is 5.69 Å². The Morgan fingerprint density at radius 3 is 2.36 bits per heavy atom. The predicted molar refractivity (Wildman–Crippen MR) is 159 cm³/mol. The van der Waals surface area contributed by atoms with E-state index in [1.807, 2.05) is 44.0 Å². The maximum absolute atomic E-state index is 13.3. The maximum Gasteiger partial charge on any atom is 0.410 e. The van der Waals surface area contributed by atoms with E-state index in [9.17, 15) is 9.59 Å². The molecule has 2 aliphatic heterocycles. The fourth-order valence-electron chi connectivity index (χ4n) is 6.14. The number of halogens is 2. The molecule has 0 spiro atoms. The number of amides is 2. The van der Waals surface area contributed by atoms with E-state index in [1.54, 1.807) is 4.90 Å². The molecule has 208 valence electrons. The van der Waals surface area contributed by atoms with Gasteiger partial charge < -0.3 is 14.5 Å². The van der Waals surface area contributed by atoms with Crippen LogP contribution in [0.5, 0.6) is 0 Å². The summed E-state index contributed by atoms with van der Waals surface area (Å²) in [5.41, 5.74) is 4.12. The minimum Gasteiger partial charge on any atom is -0.444 e. The zero-order chi connectivity index (χ0) is 27.7. The quantitative estimate of drug-likeness (QED) is 0.362. The van der Waals surface area contributed by atoms with Crippen LogP contribution in [0.1, 0.15) is 81.2 Å². The third kappa shape index (κ3) is 6.68. The Balaban J connectivity index is 1.20.